The Morgan fingerprint density at radius 1 is 1.23 bits per heavy atom. The molecule has 3 N–H and O–H groups in total. The number of pyridine rings is 1. The van der Waals surface area contributed by atoms with Crippen molar-refractivity contribution in [1.82, 2.24) is 26.1 Å². The third-order valence-electron chi connectivity index (χ3n) is 6.69. The molecule has 10 nitrogen and oxygen atoms in total. The normalized spacial score (nSPS) is 27.1. The summed E-state index contributed by atoms with van der Waals surface area (Å²) < 4.78 is 45.7. The second-order valence-corrected chi connectivity index (χ2v) is 8.89. The molecule has 2 aliphatic heterocycles. The van der Waals surface area contributed by atoms with Crippen LogP contribution in [0, 0.1) is 17.2 Å². The minimum atomic E-state index is -4.64. The Labute approximate surface area is 200 Å². The number of alkyl halides is 3. The lowest BCUT2D eigenvalue weighted by Crippen LogP contribution is -2.67. The molecule has 1 aromatic heterocycles. The Balaban J connectivity index is 1.18. The number of carbonyl (C=O) groups is 2. The molecule has 4 rings (SSSR count). The van der Waals surface area contributed by atoms with Crippen LogP contribution >= 0.6 is 0 Å². The van der Waals surface area contributed by atoms with Crippen molar-refractivity contribution in [2.75, 3.05) is 44.2 Å². The van der Waals surface area contributed by atoms with Crippen LogP contribution < -0.4 is 21.1 Å². The molecule has 1 aliphatic carbocycles. The number of amides is 2. The van der Waals surface area contributed by atoms with Gasteiger partial charge in [0.15, 0.2) is 5.92 Å². The van der Waals surface area contributed by atoms with Crippen LogP contribution in [-0.4, -0.2) is 85.4 Å². The maximum absolute atomic E-state index is 13.3. The van der Waals surface area contributed by atoms with Gasteiger partial charge in [-0.05, 0) is 25.0 Å². The Hall–Kier alpha value is -2.95. The molecule has 2 unspecified atom stereocenters. The van der Waals surface area contributed by atoms with E-state index in [0.29, 0.717) is 44.6 Å². The summed E-state index contributed by atoms with van der Waals surface area (Å²) in [6, 6.07) is 4.16. The van der Waals surface area contributed by atoms with Gasteiger partial charge in [-0.2, -0.15) is 18.4 Å². The van der Waals surface area contributed by atoms with E-state index < -0.39 is 24.0 Å². The van der Waals surface area contributed by atoms with Crippen LogP contribution in [0.25, 0.3) is 0 Å². The zero-order valence-corrected chi connectivity index (χ0v) is 19.1. The number of halogens is 3. The van der Waals surface area contributed by atoms with Crippen molar-refractivity contribution in [2.24, 2.45) is 5.92 Å². The average Bonchev–Trinajstić information content (AvgIpc) is 2.83. The Kier molecular flexibility index (Phi) is 7.73. The molecule has 1 aromatic rings. The van der Waals surface area contributed by atoms with Gasteiger partial charge in [-0.3, -0.25) is 15.0 Å². The number of carbonyl (C=O) groups excluding carboxylic acids is 2. The summed E-state index contributed by atoms with van der Waals surface area (Å²) in [5, 5.41) is 11.8. The standard InChI is InChI=1S/C22H28F3N7O3/c23-22(24,25)20-16(13-28-30-21(20)34)29-15-2-3-17(15)35-10-5-19(33)32-8-6-31(7-9-32)18-4-1-14(11-26)12-27-18/h1,4,12,15-17,20,28-29H,2-3,5-10,13H2,(H,30,34)/t15-,16?,17+,20?/m1/s1. The zero-order chi connectivity index (χ0) is 25.0. The summed E-state index contributed by atoms with van der Waals surface area (Å²) in [5.74, 6) is -2.49. The second kappa shape index (κ2) is 10.8. The highest BCUT2D eigenvalue weighted by atomic mass is 19.4. The molecule has 4 atom stereocenters. The molecule has 0 aromatic carbocycles. The minimum Gasteiger partial charge on any atom is -0.376 e. The number of hydrogen-bond acceptors (Lipinski definition) is 8. The number of aromatic nitrogens is 1. The average molecular weight is 496 g/mol. The summed E-state index contributed by atoms with van der Waals surface area (Å²) in [7, 11) is 0. The number of piperazine rings is 1. The molecular formula is C22H28F3N7O3. The van der Waals surface area contributed by atoms with E-state index in [0.717, 1.165) is 5.82 Å². The third-order valence-corrected chi connectivity index (χ3v) is 6.69. The van der Waals surface area contributed by atoms with Gasteiger partial charge in [-0.25, -0.2) is 10.4 Å². The maximum atomic E-state index is 13.3. The van der Waals surface area contributed by atoms with Gasteiger partial charge in [0.05, 0.1) is 24.7 Å². The van der Waals surface area contributed by atoms with Crippen molar-refractivity contribution in [3.63, 3.8) is 0 Å². The number of nitrogens with one attached hydrogen (secondary N) is 3. The molecule has 35 heavy (non-hydrogen) atoms. The van der Waals surface area contributed by atoms with Crippen LogP contribution in [0.2, 0.25) is 0 Å². The molecule has 3 aliphatic rings. The topological polar surface area (TPSA) is 123 Å². The van der Waals surface area contributed by atoms with Gasteiger partial charge in [0.2, 0.25) is 11.8 Å². The van der Waals surface area contributed by atoms with Crippen LogP contribution in [0.1, 0.15) is 24.8 Å². The van der Waals surface area contributed by atoms with E-state index in [1.54, 1.807) is 17.0 Å². The number of anilines is 1. The molecule has 1 saturated carbocycles. The molecule has 0 radical (unpaired) electrons. The molecule has 3 fully saturated rings. The first-order valence-corrected chi connectivity index (χ1v) is 11.6. The Morgan fingerprint density at radius 3 is 2.60 bits per heavy atom. The Bertz CT molecular complexity index is 945. The summed E-state index contributed by atoms with van der Waals surface area (Å²) in [6.07, 6.45) is -1.89. The quantitative estimate of drug-likeness (QED) is 0.494. The minimum absolute atomic E-state index is 0.0356. The van der Waals surface area contributed by atoms with E-state index >= 15 is 0 Å². The van der Waals surface area contributed by atoms with Gasteiger partial charge in [-0.1, -0.05) is 0 Å². The van der Waals surface area contributed by atoms with Crippen LogP contribution in [0.15, 0.2) is 18.3 Å². The molecule has 0 spiro atoms. The monoisotopic (exact) mass is 495 g/mol. The van der Waals surface area contributed by atoms with Crippen LogP contribution in [0.5, 0.6) is 0 Å². The fourth-order valence-corrected chi connectivity index (χ4v) is 4.57. The SMILES string of the molecule is N#Cc1ccc(N2CCN(C(=O)CCO[C@H]3CC[C@H]3NC3CNNC(=O)C3C(F)(F)F)CC2)nc1. The first kappa shape index (κ1) is 25.2. The van der Waals surface area contributed by atoms with Crippen molar-refractivity contribution in [3.8, 4) is 6.07 Å². The molecule has 2 saturated heterocycles. The highest BCUT2D eigenvalue weighted by molar-refractivity contribution is 5.80. The van der Waals surface area contributed by atoms with Crippen molar-refractivity contribution in [3.05, 3.63) is 23.9 Å². The molecule has 2 amide bonds. The van der Waals surface area contributed by atoms with E-state index in [2.05, 4.69) is 20.6 Å². The molecule has 0 bridgehead atoms. The second-order valence-electron chi connectivity index (χ2n) is 8.89. The van der Waals surface area contributed by atoms with Gasteiger partial charge < -0.3 is 19.9 Å². The fourth-order valence-electron chi connectivity index (χ4n) is 4.57. The predicted octanol–water partition coefficient (Wildman–Crippen LogP) is 0.311. The lowest BCUT2D eigenvalue weighted by molar-refractivity contribution is -0.194. The van der Waals surface area contributed by atoms with Crippen LogP contribution in [0.4, 0.5) is 19.0 Å². The predicted molar refractivity (Wildman–Crippen MR) is 118 cm³/mol. The van der Waals surface area contributed by atoms with E-state index in [4.69, 9.17) is 10.00 Å². The molecule has 190 valence electrons. The van der Waals surface area contributed by atoms with Crippen molar-refractivity contribution >= 4 is 17.6 Å². The van der Waals surface area contributed by atoms with Gasteiger partial charge in [0.25, 0.3) is 0 Å². The van der Waals surface area contributed by atoms with Gasteiger partial charge in [-0.15, -0.1) is 0 Å². The summed E-state index contributed by atoms with van der Waals surface area (Å²) >= 11 is 0. The smallest absolute Gasteiger partial charge is 0.376 e. The van der Waals surface area contributed by atoms with E-state index in [-0.39, 0.29) is 37.6 Å². The summed E-state index contributed by atoms with van der Waals surface area (Å²) in [6.45, 7) is 2.49. The molecule has 13 heteroatoms. The highest BCUT2D eigenvalue weighted by Crippen LogP contribution is 2.32. The number of hydrogen-bond donors (Lipinski definition) is 3. The van der Waals surface area contributed by atoms with Gasteiger partial charge >= 0.3 is 6.18 Å². The van der Waals surface area contributed by atoms with Crippen molar-refractivity contribution in [1.29, 1.82) is 5.26 Å². The first-order chi connectivity index (χ1) is 16.8. The van der Waals surface area contributed by atoms with Gasteiger partial charge in [0, 0.05) is 51.0 Å². The van der Waals surface area contributed by atoms with Crippen molar-refractivity contribution < 1.29 is 27.5 Å². The zero-order valence-electron chi connectivity index (χ0n) is 19.1. The van der Waals surface area contributed by atoms with Gasteiger partial charge in [0.1, 0.15) is 11.9 Å². The van der Waals surface area contributed by atoms with Crippen LogP contribution in [-0.2, 0) is 14.3 Å². The lowest BCUT2D eigenvalue weighted by Gasteiger charge is -2.42. The number of nitrogens with zero attached hydrogens (tertiary/aromatic N) is 4. The molecular weight excluding hydrogens is 467 g/mol. The highest BCUT2D eigenvalue weighted by Gasteiger charge is 2.52. The number of rotatable bonds is 7. The van der Waals surface area contributed by atoms with E-state index in [1.807, 2.05) is 11.5 Å². The lowest BCUT2D eigenvalue weighted by atomic mass is 9.86. The fraction of sp³-hybridized carbons (Fsp3) is 0.636. The number of hydrazine groups is 1. The van der Waals surface area contributed by atoms with E-state index in [1.165, 1.54) is 6.20 Å². The first-order valence-electron chi connectivity index (χ1n) is 11.6. The largest absolute Gasteiger partial charge is 0.402 e. The summed E-state index contributed by atoms with van der Waals surface area (Å²) in [4.78, 5) is 32.4. The number of ether oxygens (including phenoxy) is 1. The number of nitriles is 1. The molecule has 3 heterocycles. The van der Waals surface area contributed by atoms with Crippen molar-refractivity contribution in [2.45, 2.75) is 43.6 Å². The third kappa shape index (κ3) is 6.01. The Morgan fingerprint density at radius 2 is 2.00 bits per heavy atom. The van der Waals surface area contributed by atoms with Crippen LogP contribution in [0.3, 0.4) is 0 Å². The maximum Gasteiger partial charge on any atom is 0.402 e. The summed E-state index contributed by atoms with van der Waals surface area (Å²) in [5.41, 5.74) is 5.03. The van der Waals surface area contributed by atoms with E-state index in [9.17, 15) is 22.8 Å².